The highest BCUT2D eigenvalue weighted by Gasteiger charge is 2.33. The lowest BCUT2D eigenvalue weighted by molar-refractivity contribution is -0.120. The van der Waals surface area contributed by atoms with Crippen LogP contribution in [-0.4, -0.2) is 34.9 Å². The van der Waals surface area contributed by atoms with Crippen molar-refractivity contribution in [3.8, 4) is 11.5 Å². The summed E-state index contributed by atoms with van der Waals surface area (Å²) >= 11 is 0. The molecule has 0 aliphatic carbocycles. The largest absolute Gasteiger partial charge is 0.454 e. The SMILES string of the molecule is CC(C)(C)CN1CCCC1C(=O)Nc1ccccc1Oc1cccnc1. The minimum Gasteiger partial charge on any atom is -0.454 e. The molecule has 5 nitrogen and oxygen atoms in total. The molecule has 5 heteroatoms. The first-order valence-electron chi connectivity index (χ1n) is 9.14. The number of hydrogen-bond donors (Lipinski definition) is 1. The predicted molar refractivity (Wildman–Crippen MR) is 103 cm³/mol. The van der Waals surface area contributed by atoms with Gasteiger partial charge in [-0.1, -0.05) is 32.9 Å². The first-order chi connectivity index (χ1) is 12.4. The number of pyridine rings is 1. The topological polar surface area (TPSA) is 54.5 Å². The highest BCUT2D eigenvalue weighted by atomic mass is 16.5. The molecule has 1 amide bonds. The molecular weight excluding hydrogens is 326 g/mol. The zero-order valence-corrected chi connectivity index (χ0v) is 15.7. The number of rotatable bonds is 5. The first kappa shape index (κ1) is 18.4. The van der Waals surface area contributed by atoms with Crippen LogP contribution in [0.1, 0.15) is 33.6 Å². The number of carbonyl (C=O) groups is 1. The molecule has 1 fully saturated rings. The van der Waals surface area contributed by atoms with E-state index in [0.29, 0.717) is 17.2 Å². The van der Waals surface area contributed by atoms with Crippen LogP contribution >= 0.6 is 0 Å². The van der Waals surface area contributed by atoms with Gasteiger partial charge in [-0.2, -0.15) is 0 Å². The lowest BCUT2D eigenvalue weighted by atomic mass is 9.95. The average Bonchev–Trinajstić information content (AvgIpc) is 3.04. The second kappa shape index (κ2) is 7.87. The zero-order valence-electron chi connectivity index (χ0n) is 15.7. The molecule has 1 aromatic heterocycles. The van der Waals surface area contributed by atoms with Gasteiger partial charge in [0.2, 0.25) is 5.91 Å². The van der Waals surface area contributed by atoms with Gasteiger partial charge in [-0.15, -0.1) is 0 Å². The smallest absolute Gasteiger partial charge is 0.241 e. The van der Waals surface area contributed by atoms with Gasteiger partial charge in [0.15, 0.2) is 5.75 Å². The van der Waals surface area contributed by atoms with Crippen LogP contribution in [-0.2, 0) is 4.79 Å². The minimum absolute atomic E-state index is 0.0361. The Balaban J connectivity index is 1.71. The minimum atomic E-state index is -0.0827. The van der Waals surface area contributed by atoms with Gasteiger partial charge in [-0.3, -0.25) is 14.7 Å². The van der Waals surface area contributed by atoms with E-state index in [0.717, 1.165) is 25.9 Å². The van der Waals surface area contributed by atoms with Gasteiger partial charge in [0.25, 0.3) is 0 Å². The molecule has 1 saturated heterocycles. The molecule has 1 aliphatic heterocycles. The third-order valence-corrected chi connectivity index (χ3v) is 4.35. The normalized spacial score (nSPS) is 17.9. The van der Waals surface area contributed by atoms with E-state index in [9.17, 15) is 4.79 Å². The van der Waals surface area contributed by atoms with Crippen LogP contribution in [0.15, 0.2) is 48.8 Å². The third kappa shape index (κ3) is 4.82. The fraction of sp³-hybridized carbons (Fsp3) is 0.429. The summed E-state index contributed by atoms with van der Waals surface area (Å²) in [6.45, 7) is 8.51. The summed E-state index contributed by atoms with van der Waals surface area (Å²) in [6.07, 6.45) is 5.31. The fourth-order valence-electron chi connectivity index (χ4n) is 3.33. The van der Waals surface area contributed by atoms with E-state index in [1.165, 1.54) is 0 Å². The maximum atomic E-state index is 12.9. The molecule has 2 heterocycles. The average molecular weight is 353 g/mol. The lowest BCUT2D eigenvalue weighted by Gasteiger charge is -2.30. The van der Waals surface area contributed by atoms with Crippen LogP contribution in [0, 0.1) is 5.41 Å². The third-order valence-electron chi connectivity index (χ3n) is 4.35. The Morgan fingerprint density at radius 2 is 2.08 bits per heavy atom. The molecule has 26 heavy (non-hydrogen) atoms. The van der Waals surface area contributed by atoms with E-state index >= 15 is 0 Å². The number of benzene rings is 1. The maximum absolute atomic E-state index is 12.9. The molecule has 0 saturated carbocycles. The van der Waals surface area contributed by atoms with Crippen LogP contribution in [0.2, 0.25) is 0 Å². The number of ether oxygens (including phenoxy) is 1. The van der Waals surface area contributed by atoms with Gasteiger partial charge in [0.1, 0.15) is 5.75 Å². The Bertz CT molecular complexity index is 740. The Kier molecular flexibility index (Phi) is 5.57. The Morgan fingerprint density at radius 1 is 1.27 bits per heavy atom. The number of carbonyl (C=O) groups excluding carboxylic acids is 1. The van der Waals surface area contributed by atoms with Gasteiger partial charge in [-0.25, -0.2) is 0 Å². The number of aromatic nitrogens is 1. The van der Waals surface area contributed by atoms with E-state index in [1.807, 2.05) is 36.4 Å². The van der Waals surface area contributed by atoms with Crippen molar-refractivity contribution in [1.29, 1.82) is 0 Å². The van der Waals surface area contributed by atoms with Crippen LogP contribution in [0.4, 0.5) is 5.69 Å². The van der Waals surface area contributed by atoms with Gasteiger partial charge >= 0.3 is 0 Å². The summed E-state index contributed by atoms with van der Waals surface area (Å²) in [5.41, 5.74) is 0.855. The molecular formula is C21H27N3O2. The Hall–Kier alpha value is -2.40. The summed E-state index contributed by atoms with van der Waals surface area (Å²) in [6, 6.07) is 11.1. The van der Waals surface area contributed by atoms with Crippen molar-refractivity contribution < 1.29 is 9.53 Å². The van der Waals surface area contributed by atoms with E-state index in [1.54, 1.807) is 12.4 Å². The number of anilines is 1. The summed E-state index contributed by atoms with van der Waals surface area (Å²) in [5.74, 6) is 1.30. The van der Waals surface area contributed by atoms with Crippen molar-refractivity contribution in [3.63, 3.8) is 0 Å². The molecule has 0 bridgehead atoms. The van der Waals surface area contributed by atoms with E-state index in [4.69, 9.17) is 4.74 Å². The predicted octanol–water partition coefficient (Wildman–Crippen LogP) is 4.32. The zero-order chi connectivity index (χ0) is 18.6. The molecule has 3 rings (SSSR count). The second-order valence-corrected chi connectivity index (χ2v) is 7.97. The number of amides is 1. The monoisotopic (exact) mass is 353 g/mol. The van der Waals surface area contributed by atoms with Crippen molar-refractivity contribution in [2.45, 2.75) is 39.7 Å². The first-order valence-corrected chi connectivity index (χ1v) is 9.14. The highest BCUT2D eigenvalue weighted by Crippen LogP contribution is 2.30. The van der Waals surface area contributed by atoms with Crippen LogP contribution in [0.3, 0.4) is 0 Å². The van der Waals surface area contributed by atoms with Crippen LogP contribution in [0.25, 0.3) is 0 Å². The van der Waals surface area contributed by atoms with Crippen LogP contribution < -0.4 is 10.1 Å². The van der Waals surface area contributed by atoms with E-state index in [2.05, 4.69) is 36.0 Å². The Labute approximate surface area is 155 Å². The summed E-state index contributed by atoms with van der Waals surface area (Å²) < 4.78 is 5.89. The van der Waals surface area contributed by atoms with Crippen molar-refractivity contribution in [2.24, 2.45) is 5.41 Å². The van der Waals surface area contributed by atoms with E-state index < -0.39 is 0 Å². The standard InChI is InChI=1S/C21H27N3O2/c1-21(2,3)15-24-13-7-10-18(24)20(25)23-17-9-4-5-11-19(17)26-16-8-6-12-22-14-16/h4-6,8-9,11-12,14,18H,7,10,13,15H2,1-3H3,(H,23,25). The highest BCUT2D eigenvalue weighted by molar-refractivity contribution is 5.96. The lowest BCUT2D eigenvalue weighted by Crippen LogP contribution is -2.43. The summed E-state index contributed by atoms with van der Waals surface area (Å²) in [7, 11) is 0. The summed E-state index contributed by atoms with van der Waals surface area (Å²) in [4.78, 5) is 19.2. The molecule has 1 aliphatic rings. The maximum Gasteiger partial charge on any atom is 0.241 e. The molecule has 1 unspecified atom stereocenters. The molecule has 138 valence electrons. The number of likely N-dealkylation sites (tertiary alicyclic amines) is 1. The van der Waals surface area contributed by atoms with Crippen molar-refractivity contribution >= 4 is 11.6 Å². The molecule has 0 spiro atoms. The van der Waals surface area contributed by atoms with Gasteiger partial charge in [0.05, 0.1) is 17.9 Å². The molecule has 2 aromatic rings. The molecule has 1 atom stereocenters. The Morgan fingerprint density at radius 3 is 2.81 bits per heavy atom. The van der Waals surface area contributed by atoms with Crippen molar-refractivity contribution in [1.82, 2.24) is 9.88 Å². The van der Waals surface area contributed by atoms with E-state index in [-0.39, 0.29) is 17.4 Å². The number of para-hydroxylation sites is 2. The quantitative estimate of drug-likeness (QED) is 0.869. The van der Waals surface area contributed by atoms with Gasteiger partial charge in [-0.05, 0) is 49.1 Å². The van der Waals surface area contributed by atoms with Crippen molar-refractivity contribution in [3.05, 3.63) is 48.8 Å². The fourth-order valence-corrected chi connectivity index (χ4v) is 3.33. The van der Waals surface area contributed by atoms with Gasteiger partial charge in [0, 0.05) is 12.7 Å². The van der Waals surface area contributed by atoms with Crippen LogP contribution in [0.5, 0.6) is 11.5 Å². The number of nitrogens with one attached hydrogen (secondary N) is 1. The number of nitrogens with zero attached hydrogens (tertiary/aromatic N) is 2. The van der Waals surface area contributed by atoms with Gasteiger partial charge < -0.3 is 10.1 Å². The van der Waals surface area contributed by atoms with Crippen molar-refractivity contribution in [2.75, 3.05) is 18.4 Å². The molecule has 0 radical (unpaired) electrons. The second-order valence-electron chi connectivity index (χ2n) is 7.97. The molecule has 1 aromatic carbocycles. The summed E-state index contributed by atoms with van der Waals surface area (Å²) in [5, 5.41) is 3.06. The molecule has 1 N–H and O–H groups in total. The number of hydrogen-bond acceptors (Lipinski definition) is 4.